The maximum Gasteiger partial charge on any atom is 0.215 e. The van der Waals surface area contributed by atoms with Crippen LogP contribution in [0.4, 0.5) is 5.69 Å². The number of nitrogens with zero attached hydrogens (tertiary/aromatic N) is 2. The maximum absolute atomic E-state index is 12.2. The Morgan fingerprint density at radius 1 is 1.29 bits per heavy atom. The van der Waals surface area contributed by atoms with E-state index in [2.05, 4.69) is 9.97 Å². The molecule has 2 rings (SSSR count). The van der Waals surface area contributed by atoms with E-state index in [9.17, 15) is 4.79 Å². The second-order valence-corrected chi connectivity index (χ2v) is 3.97. The van der Waals surface area contributed by atoms with Crippen LogP contribution in [0.25, 0.3) is 0 Å². The fraction of sp³-hybridized carbons (Fsp3) is 0.154. The molecule has 4 heteroatoms. The minimum absolute atomic E-state index is 0.187. The smallest absolute Gasteiger partial charge is 0.215 e. The van der Waals surface area contributed by atoms with Crippen LogP contribution in [0.1, 0.15) is 27.2 Å². The zero-order valence-electron chi connectivity index (χ0n) is 9.77. The first-order valence-electron chi connectivity index (χ1n) is 5.27. The number of nitrogen functional groups attached to an aromatic ring is 1. The number of hydrogen-bond acceptors (Lipinski definition) is 4. The van der Waals surface area contributed by atoms with E-state index in [1.807, 2.05) is 19.9 Å². The number of carbonyl (C=O) groups is 1. The van der Waals surface area contributed by atoms with Crippen LogP contribution in [0.2, 0.25) is 0 Å². The first kappa shape index (κ1) is 11.3. The standard InChI is InChI=1S/C13H13N3O/c1-8-5-9(2)12(16-6-8)13(17)10-7-15-4-3-11(10)14/h3-7H,1-2H3,(H2,14,15). The van der Waals surface area contributed by atoms with Crippen molar-refractivity contribution in [2.24, 2.45) is 0 Å². The van der Waals surface area contributed by atoms with E-state index in [4.69, 9.17) is 5.73 Å². The molecule has 2 N–H and O–H groups in total. The summed E-state index contributed by atoms with van der Waals surface area (Å²) < 4.78 is 0. The third-order valence-electron chi connectivity index (χ3n) is 2.53. The Kier molecular flexibility index (Phi) is 2.87. The van der Waals surface area contributed by atoms with Gasteiger partial charge in [0.15, 0.2) is 0 Å². The molecular formula is C13H13N3O. The average molecular weight is 227 g/mol. The molecule has 2 aromatic heterocycles. The van der Waals surface area contributed by atoms with Crippen LogP contribution in [0.15, 0.2) is 30.7 Å². The second-order valence-electron chi connectivity index (χ2n) is 3.97. The van der Waals surface area contributed by atoms with Crippen LogP contribution < -0.4 is 5.73 Å². The van der Waals surface area contributed by atoms with Crippen molar-refractivity contribution in [3.05, 3.63) is 53.1 Å². The van der Waals surface area contributed by atoms with Crippen molar-refractivity contribution >= 4 is 11.5 Å². The molecule has 0 atom stereocenters. The quantitative estimate of drug-likeness (QED) is 0.795. The zero-order chi connectivity index (χ0) is 12.4. The van der Waals surface area contributed by atoms with Gasteiger partial charge in [-0.25, -0.2) is 0 Å². The van der Waals surface area contributed by atoms with Crippen molar-refractivity contribution in [1.82, 2.24) is 9.97 Å². The summed E-state index contributed by atoms with van der Waals surface area (Å²) >= 11 is 0. The summed E-state index contributed by atoms with van der Waals surface area (Å²) in [6, 6.07) is 3.53. The molecule has 0 bridgehead atoms. The SMILES string of the molecule is Cc1cnc(C(=O)c2cnccc2N)c(C)c1. The lowest BCUT2D eigenvalue weighted by atomic mass is 10.0. The Labute approximate surface area is 99.5 Å². The van der Waals surface area contributed by atoms with Gasteiger partial charge in [0.25, 0.3) is 0 Å². The van der Waals surface area contributed by atoms with Gasteiger partial charge < -0.3 is 5.73 Å². The molecule has 0 aliphatic heterocycles. The van der Waals surface area contributed by atoms with Crippen LogP contribution in [0.3, 0.4) is 0 Å². The molecule has 0 amide bonds. The number of aromatic nitrogens is 2. The molecule has 0 saturated carbocycles. The van der Waals surface area contributed by atoms with Gasteiger partial charge in [0.1, 0.15) is 5.69 Å². The molecule has 17 heavy (non-hydrogen) atoms. The normalized spacial score (nSPS) is 10.2. The molecule has 0 saturated heterocycles. The van der Waals surface area contributed by atoms with E-state index in [0.717, 1.165) is 11.1 Å². The van der Waals surface area contributed by atoms with Crippen molar-refractivity contribution in [2.45, 2.75) is 13.8 Å². The molecule has 2 heterocycles. The van der Waals surface area contributed by atoms with Crippen LogP contribution in [0, 0.1) is 13.8 Å². The maximum atomic E-state index is 12.2. The highest BCUT2D eigenvalue weighted by atomic mass is 16.1. The van der Waals surface area contributed by atoms with Gasteiger partial charge in [-0.15, -0.1) is 0 Å². The van der Waals surface area contributed by atoms with E-state index < -0.39 is 0 Å². The fourth-order valence-electron chi connectivity index (χ4n) is 1.68. The molecular weight excluding hydrogens is 214 g/mol. The number of pyridine rings is 2. The summed E-state index contributed by atoms with van der Waals surface area (Å²) in [4.78, 5) is 20.3. The first-order valence-corrected chi connectivity index (χ1v) is 5.27. The lowest BCUT2D eigenvalue weighted by Crippen LogP contribution is -2.09. The highest BCUT2D eigenvalue weighted by Crippen LogP contribution is 2.16. The molecule has 4 nitrogen and oxygen atoms in total. The summed E-state index contributed by atoms with van der Waals surface area (Å²) in [7, 11) is 0. The molecule has 0 aliphatic carbocycles. The van der Waals surface area contributed by atoms with Gasteiger partial charge in [-0.1, -0.05) is 6.07 Å². The molecule has 0 aromatic carbocycles. The molecule has 2 aromatic rings. The van der Waals surface area contributed by atoms with Gasteiger partial charge in [0, 0.05) is 24.3 Å². The Morgan fingerprint density at radius 2 is 2.06 bits per heavy atom. The number of anilines is 1. The van der Waals surface area contributed by atoms with Crippen LogP contribution in [-0.2, 0) is 0 Å². The van der Waals surface area contributed by atoms with Crippen molar-refractivity contribution in [3.63, 3.8) is 0 Å². The Balaban J connectivity index is 2.48. The molecule has 0 aliphatic rings. The summed E-state index contributed by atoms with van der Waals surface area (Å²) in [6.07, 6.45) is 4.70. The highest BCUT2D eigenvalue weighted by Gasteiger charge is 2.15. The number of aryl methyl sites for hydroxylation is 2. The molecule has 86 valence electrons. The molecule has 0 radical (unpaired) electrons. The van der Waals surface area contributed by atoms with E-state index in [1.54, 1.807) is 18.5 Å². The van der Waals surface area contributed by atoms with Crippen LogP contribution in [0.5, 0.6) is 0 Å². The van der Waals surface area contributed by atoms with Gasteiger partial charge in [-0.05, 0) is 31.0 Å². The van der Waals surface area contributed by atoms with Crippen molar-refractivity contribution in [3.8, 4) is 0 Å². The number of hydrogen-bond donors (Lipinski definition) is 1. The summed E-state index contributed by atoms with van der Waals surface area (Å²) in [5, 5.41) is 0. The number of rotatable bonds is 2. The van der Waals surface area contributed by atoms with Gasteiger partial charge >= 0.3 is 0 Å². The largest absolute Gasteiger partial charge is 0.398 e. The van der Waals surface area contributed by atoms with Crippen LogP contribution in [-0.4, -0.2) is 15.8 Å². The third-order valence-corrected chi connectivity index (χ3v) is 2.53. The molecule has 0 unspecified atom stereocenters. The number of carbonyl (C=O) groups excluding carboxylic acids is 1. The Bertz CT molecular complexity index is 579. The summed E-state index contributed by atoms with van der Waals surface area (Å²) in [6.45, 7) is 3.80. The van der Waals surface area contributed by atoms with Gasteiger partial charge in [-0.3, -0.25) is 14.8 Å². The summed E-state index contributed by atoms with van der Waals surface area (Å²) in [5.41, 5.74) is 8.87. The third kappa shape index (κ3) is 2.15. The highest BCUT2D eigenvalue weighted by molar-refractivity contribution is 6.11. The monoisotopic (exact) mass is 227 g/mol. The van der Waals surface area contributed by atoms with E-state index in [1.165, 1.54) is 6.20 Å². The zero-order valence-corrected chi connectivity index (χ0v) is 9.77. The van der Waals surface area contributed by atoms with Crippen molar-refractivity contribution < 1.29 is 4.79 Å². The lowest BCUT2D eigenvalue weighted by Gasteiger charge is -2.06. The predicted octanol–water partition coefficient (Wildman–Crippen LogP) is 1.91. The second kappa shape index (κ2) is 4.33. The van der Waals surface area contributed by atoms with Gasteiger partial charge in [-0.2, -0.15) is 0 Å². The van der Waals surface area contributed by atoms with E-state index >= 15 is 0 Å². The molecule has 0 spiro atoms. The molecule has 0 fully saturated rings. The van der Waals surface area contributed by atoms with Gasteiger partial charge in [0.05, 0.1) is 5.56 Å². The Hall–Kier alpha value is -2.23. The minimum Gasteiger partial charge on any atom is -0.398 e. The number of nitrogens with two attached hydrogens (primary N) is 1. The van der Waals surface area contributed by atoms with Crippen molar-refractivity contribution in [1.29, 1.82) is 0 Å². The minimum atomic E-state index is -0.187. The first-order chi connectivity index (χ1) is 8.09. The number of ketones is 1. The fourth-order valence-corrected chi connectivity index (χ4v) is 1.68. The topological polar surface area (TPSA) is 68.9 Å². The van der Waals surface area contributed by atoms with E-state index in [0.29, 0.717) is 16.9 Å². The van der Waals surface area contributed by atoms with Crippen molar-refractivity contribution in [2.75, 3.05) is 5.73 Å². The lowest BCUT2D eigenvalue weighted by molar-refractivity contribution is 0.103. The van der Waals surface area contributed by atoms with E-state index in [-0.39, 0.29) is 5.78 Å². The average Bonchev–Trinajstić information content (AvgIpc) is 2.29. The predicted molar refractivity (Wildman–Crippen MR) is 65.8 cm³/mol. The summed E-state index contributed by atoms with van der Waals surface area (Å²) in [5.74, 6) is -0.187. The van der Waals surface area contributed by atoms with Gasteiger partial charge in [0.2, 0.25) is 5.78 Å². The Morgan fingerprint density at radius 3 is 2.71 bits per heavy atom. The van der Waals surface area contributed by atoms with Crippen LogP contribution >= 0.6 is 0 Å².